The molecule has 2 aromatic carbocycles. The van der Waals surface area contributed by atoms with Gasteiger partial charge >= 0.3 is 17.9 Å². The van der Waals surface area contributed by atoms with Gasteiger partial charge in [-0.1, -0.05) is 60.7 Å². The number of piperidine rings is 1. The Labute approximate surface area is 225 Å². The molecular formula is C29H28N2O8. The van der Waals surface area contributed by atoms with Gasteiger partial charge in [0.1, 0.15) is 5.92 Å². The number of hydrogen-bond acceptors (Lipinski definition) is 9. The number of allylic oxidation sites excluding steroid dienone is 1. The molecule has 3 unspecified atom stereocenters. The summed E-state index contributed by atoms with van der Waals surface area (Å²) in [5, 5.41) is 0. The molecule has 1 spiro atoms. The van der Waals surface area contributed by atoms with Gasteiger partial charge in [-0.05, 0) is 24.5 Å². The van der Waals surface area contributed by atoms with Crippen molar-refractivity contribution in [3.05, 3.63) is 83.1 Å². The SMILES string of the molecule is COC(=O)C1=C(C)N(Cc2ccccc2)[C@]23O[C@@](C(=O)OC)(C(=O)N2C1c1ccccc1)C1CCOC(=O)C13. The molecule has 3 fully saturated rings. The summed E-state index contributed by atoms with van der Waals surface area (Å²) in [6, 6.07) is 17.4. The van der Waals surface area contributed by atoms with Crippen LogP contribution in [0.15, 0.2) is 71.9 Å². The number of hydrogen-bond donors (Lipinski definition) is 0. The third-order valence-corrected chi connectivity index (χ3v) is 8.36. The highest BCUT2D eigenvalue weighted by Crippen LogP contribution is 2.65. The monoisotopic (exact) mass is 532 g/mol. The van der Waals surface area contributed by atoms with Gasteiger partial charge in [-0.15, -0.1) is 0 Å². The van der Waals surface area contributed by atoms with Gasteiger partial charge in [-0.3, -0.25) is 14.5 Å². The molecule has 39 heavy (non-hydrogen) atoms. The lowest BCUT2D eigenvalue weighted by molar-refractivity contribution is -0.234. The molecule has 0 saturated carbocycles. The van der Waals surface area contributed by atoms with Crippen LogP contribution in [0.2, 0.25) is 0 Å². The lowest BCUT2D eigenvalue weighted by Crippen LogP contribution is -2.71. The quantitative estimate of drug-likeness (QED) is 0.325. The van der Waals surface area contributed by atoms with Crippen molar-refractivity contribution in [1.29, 1.82) is 0 Å². The summed E-state index contributed by atoms with van der Waals surface area (Å²) in [5.41, 5.74) is 0.0277. The van der Waals surface area contributed by atoms with Crippen molar-refractivity contribution in [3.8, 4) is 0 Å². The fourth-order valence-corrected chi connectivity index (χ4v) is 6.78. The molecule has 6 rings (SSSR count). The molecule has 2 aromatic rings. The van der Waals surface area contributed by atoms with E-state index >= 15 is 0 Å². The van der Waals surface area contributed by atoms with E-state index in [1.165, 1.54) is 19.1 Å². The number of esters is 3. The molecule has 4 aliphatic rings. The zero-order chi connectivity index (χ0) is 27.5. The maximum Gasteiger partial charge on any atom is 0.348 e. The van der Waals surface area contributed by atoms with E-state index in [9.17, 15) is 19.2 Å². The minimum Gasteiger partial charge on any atom is -0.466 e. The normalized spacial score (nSPS) is 31.0. The van der Waals surface area contributed by atoms with Gasteiger partial charge in [-0.2, -0.15) is 0 Å². The molecule has 2 bridgehead atoms. The van der Waals surface area contributed by atoms with Crippen molar-refractivity contribution >= 4 is 23.8 Å². The smallest absolute Gasteiger partial charge is 0.348 e. The Balaban J connectivity index is 1.68. The van der Waals surface area contributed by atoms with Crippen molar-refractivity contribution < 1.29 is 38.1 Å². The van der Waals surface area contributed by atoms with Crippen molar-refractivity contribution in [1.82, 2.24) is 9.80 Å². The van der Waals surface area contributed by atoms with E-state index in [1.54, 1.807) is 36.1 Å². The summed E-state index contributed by atoms with van der Waals surface area (Å²) in [7, 11) is 2.46. The molecule has 4 heterocycles. The molecule has 1 amide bonds. The summed E-state index contributed by atoms with van der Waals surface area (Å²) in [4.78, 5) is 58.1. The van der Waals surface area contributed by atoms with Crippen LogP contribution in [-0.4, -0.2) is 65.9 Å². The van der Waals surface area contributed by atoms with Gasteiger partial charge in [0.25, 0.3) is 11.5 Å². The third kappa shape index (κ3) is 3.18. The minimum atomic E-state index is -2.08. The van der Waals surface area contributed by atoms with Gasteiger partial charge < -0.3 is 23.8 Å². The molecule has 0 N–H and O–H groups in total. The van der Waals surface area contributed by atoms with Crippen LogP contribution in [0.3, 0.4) is 0 Å². The average molecular weight is 533 g/mol. The number of rotatable bonds is 5. The molecule has 3 saturated heterocycles. The Morgan fingerprint density at radius 1 is 1.00 bits per heavy atom. The fourth-order valence-electron chi connectivity index (χ4n) is 6.78. The van der Waals surface area contributed by atoms with Crippen LogP contribution in [0.5, 0.6) is 0 Å². The number of ether oxygens (including phenoxy) is 4. The molecule has 0 aliphatic carbocycles. The predicted molar refractivity (Wildman–Crippen MR) is 134 cm³/mol. The maximum atomic E-state index is 14.6. The van der Waals surface area contributed by atoms with Crippen molar-refractivity contribution in [2.75, 3.05) is 20.8 Å². The largest absolute Gasteiger partial charge is 0.466 e. The standard InChI is InChI=1S/C29H28N2O8/c1-17-21(24(32)36-2)23(19-12-8-5-9-13-19)31-26(34)28(27(35)37-3)20-14-15-38-25(33)22(20)29(31,39-28)30(17)16-18-10-6-4-7-11-18/h4-13,20,22-23H,14-16H2,1-3H3/t20?,22?,23?,28-,29+/m1/s1. The number of benzene rings is 2. The zero-order valence-electron chi connectivity index (χ0n) is 21.8. The third-order valence-electron chi connectivity index (χ3n) is 8.36. The molecule has 202 valence electrons. The number of nitrogens with zero attached hydrogens (tertiary/aromatic N) is 2. The molecule has 0 radical (unpaired) electrons. The summed E-state index contributed by atoms with van der Waals surface area (Å²) in [5.74, 6) is -6.36. The first-order valence-electron chi connectivity index (χ1n) is 12.8. The molecule has 5 atom stereocenters. The summed E-state index contributed by atoms with van der Waals surface area (Å²) in [6.45, 7) is 1.96. The van der Waals surface area contributed by atoms with E-state index in [0.29, 0.717) is 11.3 Å². The Morgan fingerprint density at radius 2 is 1.67 bits per heavy atom. The van der Waals surface area contributed by atoms with Crippen molar-refractivity contribution in [2.45, 2.75) is 37.4 Å². The van der Waals surface area contributed by atoms with Gasteiger partial charge in [0.05, 0.1) is 32.4 Å². The summed E-state index contributed by atoms with van der Waals surface area (Å²) < 4.78 is 22.5. The highest BCUT2D eigenvalue weighted by atomic mass is 16.6. The lowest BCUT2D eigenvalue weighted by Gasteiger charge is -2.56. The number of methoxy groups -OCH3 is 2. The first-order chi connectivity index (χ1) is 18.8. The summed E-state index contributed by atoms with van der Waals surface area (Å²) >= 11 is 0. The van der Waals surface area contributed by atoms with Crippen LogP contribution >= 0.6 is 0 Å². The van der Waals surface area contributed by atoms with E-state index in [1.807, 2.05) is 36.4 Å². The maximum absolute atomic E-state index is 14.6. The predicted octanol–water partition coefficient (Wildman–Crippen LogP) is 2.31. The number of fused-ring (bicyclic) bond motifs is 3. The fraction of sp³-hybridized carbons (Fsp3) is 0.379. The van der Waals surface area contributed by atoms with Gasteiger partial charge in [-0.25, -0.2) is 9.59 Å². The van der Waals surface area contributed by atoms with Gasteiger partial charge in [0, 0.05) is 18.2 Å². The second-order valence-corrected chi connectivity index (χ2v) is 10.1. The zero-order valence-corrected chi connectivity index (χ0v) is 21.8. The van der Waals surface area contributed by atoms with E-state index in [4.69, 9.17) is 18.9 Å². The van der Waals surface area contributed by atoms with E-state index in [-0.39, 0.29) is 25.1 Å². The number of carbonyl (C=O) groups excluding carboxylic acids is 4. The van der Waals surface area contributed by atoms with Crippen molar-refractivity contribution in [2.24, 2.45) is 11.8 Å². The van der Waals surface area contributed by atoms with Crippen LogP contribution in [0.25, 0.3) is 0 Å². The molecule has 4 aliphatic heterocycles. The number of amides is 1. The van der Waals surface area contributed by atoms with Crippen LogP contribution in [0.4, 0.5) is 0 Å². The van der Waals surface area contributed by atoms with Crippen LogP contribution in [-0.2, 0) is 44.7 Å². The molecule has 0 aromatic heterocycles. The van der Waals surface area contributed by atoms with E-state index in [0.717, 1.165) is 5.56 Å². The Hall–Kier alpha value is -4.18. The second-order valence-electron chi connectivity index (χ2n) is 10.1. The van der Waals surface area contributed by atoms with Crippen LogP contribution in [0.1, 0.15) is 30.5 Å². The van der Waals surface area contributed by atoms with Crippen LogP contribution in [0, 0.1) is 11.8 Å². The minimum absolute atomic E-state index is 0.0501. The average Bonchev–Trinajstić information content (AvgIpc) is 3.42. The van der Waals surface area contributed by atoms with E-state index in [2.05, 4.69) is 0 Å². The highest BCUT2D eigenvalue weighted by molar-refractivity contribution is 6.11. The number of carbonyl (C=O) groups is 4. The Kier molecular flexibility index (Phi) is 5.76. The van der Waals surface area contributed by atoms with Crippen LogP contribution < -0.4 is 0 Å². The summed E-state index contributed by atoms with van der Waals surface area (Å²) in [6.07, 6.45) is 0.245. The molecule has 10 heteroatoms. The van der Waals surface area contributed by atoms with E-state index < -0.39 is 53.1 Å². The second kappa shape index (κ2) is 8.94. The van der Waals surface area contributed by atoms with Crippen molar-refractivity contribution in [3.63, 3.8) is 0 Å². The lowest BCUT2D eigenvalue weighted by atomic mass is 9.69. The molecular weight excluding hydrogens is 504 g/mol. The molecule has 10 nitrogen and oxygen atoms in total. The van der Waals surface area contributed by atoms with Gasteiger partial charge in [0.2, 0.25) is 5.85 Å². The Morgan fingerprint density at radius 3 is 2.31 bits per heavy atom. The first kappa shape index (κ1) is 25.1. The first-order valence-corrected chi connectivity index (χ1v) is 12.8. The number of cyclic esters (lactones) is 1. The Bertz CT molecular complexity index is 1390. The highest BCUT2D eigenvalue weighted by Gasteiger charge is 2.85. The topological polar surface area (TPSA) is 112 Å². The van der Waals surface area contributed by atoms with Gasteiger partial charge in [0.15, 0.2) is 0 Å².